The van der Waals surface area contributed by atoms with Gasteiger partial charge in [0.05, 0.1) is 10.6 Å². The van der Waals surface area contributed by atoms with Crippen LogP contribution in [-0.2, 0) is 12.7 Å². The van der Waals surface area contributed by atoms with E-state index in [9.17, 15) is 13.2 Å². The summed E-state index contributed by atoms with van der Waals surface area (Å²) in [5, 5.41) is 3.01. The van der Waals surface area contributed by atoms with Gasteiger partial charge in [0.1, 0.15) is 0 Å². The van der Waals surface area contributed by atoms with Gasteiger partial charge in [0, 0.05) is 16.9 Å². The maximum Gasteiger partial charge on any atom is 0.416 e. The fourth-order valence-electron chi connectivity index (χ4n) is 1.56. The fraction of sp³-hybridized carbons (Fsp3) is 0.417. The molecule has 6 heteroatoms. The van der Waals surface area contributed by atoms with Crippen molar-refractivity contribution >= 4 is 33.1 Å². The van der Waals surface area contributed by atoms with Gasteiger partial charge in [0.2, 0.25) is 0 Å². The van der Waals surface area contributed by atoms with E-state index in [0.29, 0.717) is 22.5 Å². The quantitative estimate of drug-likeness (QED) is 0.825. The number of alkyl halides is 3. The Kier molecular flexibility index (Phi) is 3.96. The summed E-state index contributed by atoms with van der Waals surface area (Å²) in [6, 6.07) is 3.62. The van der Waals surface area contributed by atoms with E-state index in [1.165, 1.54) is 6.07 Å². The summed E-state index contributed by atoms with van der Waals surface area (Å²) >= 11 is 8.39. The molecule has 98 valence electrons. The van der Waals surface area contributed by atoms with Crippen molar-refractivity contribution in [3.63, 3.8) is 0 Å². The zero-order valence-corrected chi connectivity index (χ0v) is 11.8. The molecule has 0 bridgehead atoms. The highest BCUT2D eigenvalue weighted by Gasteiger charge is 2.31. The van der Waals surface area contributed by atoms with Gasteiger partial charge in [-0.2, -0.15) is 13.2 Å². The predicted octanol–water partition coefficient (Wildman–Crippen LogP) is 4.29. The lowest BCUT2D eigenvalue weighted by molar-refractivity contribution is -0.137. The van der Waals surface area contributed by atoms with Crippen molar-refractivity contribution < 1.29 is 13.2 Å². The molecule has 18 heavy (non-hydrogen) atoms. The Morgan fingerprint density at radius 3 is 2.61 bits per heavy atom. The molecule has 1 aromatic rings. The van der Waals surface area contributed by atoms with Gasteiger partial charge in [0.15, 0.2) is 0 Å². The smallest absolute Gasteiger partial charge is 0.375 e. The van der Waals surface area contributed by atoms with Gasteiger partial charge in [-0.15, -0.1) is 0 Å². The Bertz CT molecular complexity index is 469. The minimum absolute atomic E-state index is 0.319. The van der Waals surface area contributed by atoms with Crippen LogP contribution in [0.25, 0.3) is 0 Å². The normalized spacial score (nSPS) is 15.6. The third-order valence-electron chi connectivity index (χ3n) is 2.77. The fourth-order valence-corrected chi connectivity index (χ4v) is 2.25. The zero-order valence-electron chi connectivity index (χ0n) is 9.35. The number of benzene rings is 1. The molecule has 0 amide bonds. The monoisotopic (exact) mass is 337 g/mol. The molecule has 0 aliphatic heterocycles. The Morgan fingerprint density at radius 1 is 1.39 bits per heavy atom. The average Bonchev–Trinajstić information content (AvgIpc) is 3.09. The molecular weight excluding hydrogens is 327 g/mol. The number of thiocarbonyl (C=S) groups is 1. The summed E-state index contributed by atoms with van der Waals surface area (Å²) in [4.78, 5) is 0.749. The number of rotatable bonds is 3. The molecule has 1 saturated carbocycles. The highest BCUT2D eigenvalue weighted by Crippen LogP contribution is 2.32. The van der Waals surface area contributed by atoms with Crippen molar-refractivity contribution in [2.75, 3.05) is 0 Å². The molecule has 0 atom stereocenters. The Balaban J connectivity index is 2.08. The SMILES string of the molecule is FC(F)(F)c1ccc(Br)c(CNC(=S)C2CC2)c1. The lowest BCUT2D eigenvalue weighted by Gasteiger charge is -2.12. The average molecular weight is 338 g/mol. The Morgan fingerprint density at radius 2 is 2.06 bits per heavy atom. The van der Waals surface area contributed by atoms with Crippen molar-refractivity contribution in [2.45, 2.75) is 25.6 Å². The molecular formula is C12H11BrF3NS. The Labute approximate surface area is 117 Å². The molecule has 0 heterocycles. The summed E-state index contributed by atoms with van der Waals surface area (Å²) in [5.74, 6) is 0.421. The third kappa shape index (κ3) is 3.45. The first kappa shape index (κ1) is 13.8. The Hall–Kier alpha value is -0.620. The molecule has 0 unspecified atom stereocenters. The van der Waals surface area contributed by atoms with E-state index in [-0.39, 0.29) is 0 Å². The maximum absolute atomic E-state index is 12.6. The van der Waals surface area contributed by atoms with E-state index in [1.54, 1.807) is 0 Å². The summed E-state index contributed by atoms with van der Waals surface area (Å²) in [5.41, 5.74) is -0.0762. The maximum atomic E-state index is 12.6. The van der Waals surface area contributed by atoms with Crippen LogP contribution in [0.15, 0.2) is 22.7 Å². The lowest BCUT2D eigenvalue weighted by Crippen LogP contribution is -2.22. The third-order valence-corrected chi connectivity index (χ3v) is 4.03. The minimum atomic E-state index is -4.31. The van der Waals surface area contributed by atoms with Gasteiger partial charge >= 0.3 is 6.18 Å². The van der Waals surface area contributed by atoms with Crippen LogP contribution >= 0.6 is 28.1 Å². The van der Waals surface area contributed by atoms with Crippen LogP contribution in [0.2, 0.25) is 0 Å². The van der Waals surface area contributed by atoms with E-state index < -0.39 is 11.7 Å². The van der Waals surface area contributed by atoms with E-state index in [2.05, 4.69) is 21.2 Å². The van der Waals surface area contributed by atoms with E-state index in [0.717, 1.165) is 30.0 Å². The molecule has 0 radical (unpaired) electrons. The van der Waals surface area contributed by atoms with Gasteiger partial charge < -0.3 is 5.32 Å². The summed E-state index contributed by atoms with van der Waals surface area (Å²) < 4.78 is 38.4. The molecule has 0 aromatic heterocycles. The first-order valence-electron chi connectivity index (χ1n) is 5.51. The molecule has 1 N–H and O–H groups in total. The molecule has 0 spiro atoms. The molecule has 1 aromatic carbocycles. The number of nitrogens with one attached hydrogen (secondary N) is 1. The second kappa shape index (κ2) is 5.17. The first-order chi connectivity index (χ1) is 8.38. The van der Waals surface area contributed by atoms with Crippen LogP contribution in [0.5, 0.6) is 0 Å². The second-order valence-electron chi connectivity index (χ2n) is 4.30. The zero-order chi connectivity index (χ0) is 13.3. The van der Waals surface area contributed by atoms with E-state index in [1.807, 2.05) is 0 Å². The summed E-state index contributed by atoms with van der Waals surface area (Å²) in [6.45, 7) is 0.319. The minimum Gasteiger partial charge on any atom is -0.375 e. The van der Waals surface area contributed by atoms with Crippen molar-refractivity contribution in [1.29, 1.82) is 0 Å². The molecule has 2 rings (SSSR count). The van der Waals surface area contributed by atoms with E-state index >= 15 is 0 Å². The standard InChI is InChI=1S/C12H11BrF3NS/c13-10-4-3-9(12(14,15)16)5-8(10)6-17-11(18)7-1-2-7/h3-5,7H,1-2,6H2,(H,17,18). The molecule has 0 saturated heterocycles. The second-order valence-corrected chi connectivity index (χ2v) is 5.59. The topological polar surface area (TPSA) is 12.0 Å². The summed E-state index contributed by atoms with van der Waals surface area (Å²) in [7, 11) is 0. The van der Waals surface area contributed by atoms with Crippen LogP contribution in [-0.4, -0.2) is 4.99 Å². The van der Waals surface area contributed by atoms with Crippen LogP contribution < -0.4 is 5.32 Å². The first-order valence-corrected chi connectivity index (χ1v) is 6.71. The number of halogens is 4. The predicted molar refractivity (Wildman–Crippen MR) is 71.3 cm³/mol. The highest BCUT2D eigenvalue weighted by molar-refractivity contribution is 9.10. The lowest BCUT2D eigenvalue weighted by atomic mass is 10.1. The van der Waals surface area contributed by atoms with Crippen molar-refractivity contribution in [3.8, 4) is 0 Å². The van der Waals surface area contributed by atoms with Gasteiger partial charge in [-0.05, 0) is 36.6 Å². The molecule has 1 nitrogen and oxygen atoms in total. The largest absolute Gasteiger partial charge is 0.416 e. The van der Waals surface area contributed by atoms with Gasteiger partial charge in [0.25, 0.3) is 0 Å². The van der Waals surface area contributed by atoms with Crippen LogP contribution in [0.4, 0.5) is 13.2 Å². The molecule has 1 aliphatic rings. The van der Waals surface area contributed by atoms with Crippen LogP contribution in [0, 0.1) is 5.92 Å². The van der Waals surface area contributed by atoms with Gasteiger partial charge in [-0.3, -0.25) is 0 Å². The number of hydrogen-bond acceptors (Lipinski definition) is 1. The summed E-state index contributed by atoms with van der Waals surface area (Å²) in [6.07, 6.45) is -2.16. The van der Waals surface area contributed by atoms with Crippen LogP contribution in [0.1, 0.15) is 24.0 Å². The van der Waals surface area contributed by atoms with E-state index in [4.69, 9.17) is 12.2 Å². The van der Waals surface area contributed by atoms with Crippen LogP contribution in [0.3, 0.4) is 0 Å². The van der Waals surface area contributed by atoms with Crippen molar-refractivity contribution in [1.82, 2.24) is 5.32 Å². The van der Waals surface area contributed by atoms with Crippen molar-refractivity contribution in [2.24, 2.45) is 5.92 Å². The molecule has 1 aliphatic carbocycles. The highest BCUT2D eigenvalue weighted by atomic mass is 79.9. The molecule has 1 fully saturated rings. The van der Waals surface area contributed by atoms with Gasteiger partial charge in [-0.1, -0.05) is 28.1 Å². The number of hydrogen-bond donors (Lipinski definition) is 1. The van der Waals surface area contributed by atoms with Crippen molar-refractivity contribution in [3.05, 3.63) is 33.8 Å². The van der Waals surface area contributed by atoms with Gasteiger partial charge in [-0.25, -0.2) is 0 Å².